The molecule has 3 heteroatoms. The largest absolute Gasteiger partial charge is 0.355 e. The summed E-state index contributed by atoms with van der Waals surface area (Å²) in [5.41, 5.74) is 0.608. The Labute approximate surface area is 97.4 Å². The molecular formula is C13H22N2O. The molecule has 0 radical (unpaired) electrons. The van der Waals surface area contributed by atoms with Gasteiger partial charge in [0.25, 0.3) is 0 Å². The molecule has 0 aliphatic heterocycles. The Balaban J connectivity index is 1.29. The van der Waals surface area contributed by atoms with Crippen LogP contribution in [0.3, 0.4) is 0 Å². The molecule has 2 N–H and O–H groups in total. The van der Waals surface area contributed by atoms with Crippen LogP contribution in [0.4, 0.5) is 0 Å². The highest BCUT2D eigenvalue weighted by Crippen LogP contribution is 2.60. The van der Waals surface area contributed by atoms with E-state index in [2.05, 4.69) is 10.6 Å². The SMILES string of the molecule is O=C(CNCC1(C2CC2)CC1)NCC1CC1. The average molecular weight is 222 g/mol. The van der Waals surface area contributed by atoms with Crippen LogP contribution in [0.2, 0.25) is 0 Å². The second kappa shape index (κ2) is 4.02. The molecule has 3 rings (SSSR count). The van der Waals surface area contributed by atoms with Crippen molar-refractivity contribution in [2.24, 2.45) is 17.3 Å². The summed E-state index contributed by atoms with van der Waals surface area (Å²) in [6.45, 7) is 2.48. The van der Waals surface area contributed by atoms with Crippen molar-refractivity contribution in [3.05, 3.63) is 0 Å². The maximum Gasteiger partial charge on any atom is 0.233 e. The van der Waals surface area contributed by atoms with Crippen LogP contribution in [0.15, 0.2) is 0 Å². The van der Waals surface area contributed by atoms with Gasteiger partial charge < -0.3 is 10.6 Å². The molecule has 0 saturated heterocycles. The maximum atomic E-state index is 11.5. The van der Waals surface area contributed by atoms with Crippen molar-refractivity contribution in [1.82, 2.24) is 10.6 Å². The maximum absolute atomic E-state index is 11.5. The van der Waals surface area contributed by atoms with Gasteiger partial charge in [-0.25, -0.2) is 0 Å². The third-order valence-corrected chi connectivity index (χ3v) is 4.38. The van der Waals surface area contributed by atoms with Gasteiger partial charge in [-0.1, -0.05) is 0 Å². The molecule has 0 aromatic heterocycles. The van der Waals surface area contributed by atoms with E-state index in [1.54, 1.807) is 0 Å². The van der Waals surface area contributed by atoms with Crippen LogP contribution in [-0.4, -0.2) is 25.5 Å². The first kappa shape index (κ1) is 10.6. The lowest BCUT2D eigenvalue weighted by atomic mass is 10.0. The first-order valence-electron chi connectivity index (χ1n) is 6.76. The zero-order chi connectivity index (χ0) is 11.0. The predicted octanol–water partition coefficient (Wildman–Crippen LogP) is 1.29. The number of rotatable bonds is 7. The van der Waals surface area contributed by atoms with Gasteiger partial charge in [-0.2, -0.15) is 0 Å². The van der Waals surface area contributed by atoms with Crippen LogP contribution in [0.5, 0.6) is 0 Å². The minimum atomic E-state index is 0.179. The topological polar surface area (TPSA) is 41.1 Å². The van der Waals surface area contributed by atoms with E-state index in [-0.39, 0.29) is 5.91 Å². The fraction of sp³-hybridized carbons (Fsp3) is 0.923. The second-order valence-corrected chi connectivity index (χ2v) is 5.99. The Bertz CT molecular complexity index is 278. The van der Waals surface area contributed by atoms with Crippen molar-refractivity contribution in [2.45, 2.75) is 38.5 Å². The lowest BCUT2D eigenvalue weighted by molar-refractivity contribution is -0.120. The van der Waals surface area contributed by atoms with E-state index < -0.39 is 0 Å². The van der Waals surface area contributed by atoms with E-state index in [1.807, 2.05) is 0 Å². The van der Waals surface area contributed by atoms with Crippen molar-refractivity contribution in [1.29, 1.82) is 0 Å². The molecule has 90 valence electrons. The van der Waals surface area contributed by atoms with Crippen LogP contribution < -0.4 is 10.6 Å². The predicted molar refractivity (Wildman–Crippen MR) is 63.0 cm³/mol. The Morgan fingerprint density at radius 2 is 1.94 bits per heavy atom. The highest BCUT2D eigenvalue weighted by atomic mass is 16.1. The molecule has 16 heavy (non-hydrogen) atoms. The highest BCUT2D eigenvalue weighted by Gasteiger charge is 2.53. The van der Waals surface area contributed by atoms with Crippen LogP contribution in [-0.2, 0) is 4.79 Å². The first-order valence-corrected chi connectivity index (χ1v) is 6.76. The standard InChI is InChI=1S/C13H22N2O/c16-12(15-7-10-1-2-10)8-14-9-13(5-6-13)11-3-4-11/h10-11,14H,1-9H2,(H,15,16). The van der Waals surface area contributed by atoms with Crippen molar-refractivity contribution in [2.75, 3.05) is 19.6 Å². The zero-order valence-electron chi connectivity index (χ0n) is 9.93. The minimum Gasteiger partial charge on any atom is -0.355 e. The molecule has 0 spiro atoms. The summed E-state index contributed by atoms with van der Waals surface area (Å²) in [7, 11) is 0. The van der Waals surface area contributed by atoms with Gasteiger partial charge >= 0.3 is 0 Å². The Morgan fingerprint density at radius 1 is 1.19 bits per heavy atom. The van der Waals surface area contributed by atoms with Crippen molar-refractivity contribution in [3.8, 4) is 0 Å². The molecule has 3 saturated carbocycles. The molecule has 0 aromatic carbocycles. The average Bonchev–Trinajstić information content (AvgIpc) is 3.14. The normalized spacial score (nSPS) is 26.5. The monoisotopic (exact) mass is 222 g/mol. The van der Waals surface area contributed by atoms with E-state index >= 15 is 0 Å². The minimum absolute atomic E-state index is 0.179. The summed E-state index contributed by atoms with van der Waals surface area (Å²) < 4.78 is 0. The zero-order valence-corrected chi connectivity index (χ0v) is 9.93. The lowest BCUT2D eigenvalue weighted by Crippen LogP contribution is -2.37. The van der Waals surface area contributed by atoms with Crippen molar-refractivity contribution < 1.29 is 4.79 Å². The lowest BCUT2D eigenvalue weighted by Gasteiger charge is -2.14. The first-order chi connectivity index (χ1) is 7.78. The van der Waals surface area contributed by atoms with Gasteiger partial charge in [0, 0.05) is 13.1 Å². The molecule has 0 aromatic rings. The molecule has 3 aliphatic carbocycles. The molecule has 0 heterocycles. The fourth-order valence-corrected chi connectivity index (χ4v) is 2.65. The van der Waals surface area contributed by atoms with Crippen molar-refractivity contribution >= 4 is 5.91 Å². The number of carbonyl (C=O) groups excluding carboxylic acids is 1. The molecule has 1 amide bonds. The molecule has 3 aliphatic rings. The molecular weight excluding hydrogens is 200 g/mol. The molecule has 3 fully saturated rings. The quantitative estimate of drug-likeness (QED) is 0.681. The summed E-state index contributed by atoms with van der Waals surface area (Å²) in [5, 5.41) is 6.34. The summed E-state index contributed by atoms with van der Waals surface area (Å²) in [6, 6.07) is 0. The van der Waals surface area contributed by atoms with Gasteiger partial charge in [-0.3, -0.25) is 4.79 Å². The molecule has 0 unspecified atom stereocenters. The summed E-state index contributed by atoms with van der Waals surface area (Å²) in [4.78, 5) is 11.5. The number of amides is 1. The smallest absolute Gasteiger partial charge is 0.233 e. The third kappa shape index (κ3) is 2.57. The number of hydrogen-bond donors (Lipinski definition) is 2. The summed E-state index contributed by atoms with van der Waals surface area (Å²) >= 11 is 0. The Morgan fingerprint density at radius 3 is 2.50 bits per heavy atom. The summed E-state index contributed by atoms with van der Waals surface area (Å²) in [6.07, 6.45) is 8.23. The van der Waals surface area contributed by atoms with Gasteiger partial charge in [-0.05, 0) is 55.8 Å². The van der Waals surface area contributed by atoms with Crippen LogP contribution >= 0.6 is 0 Å². The third-order valence-electron chi connectivity index (χ3n) is 4.38. The van der Waals surface area contributed by atoms with E-state index in [9.17, 15) is 4.79 Å². The van der Waals surface area contributed by atoms with Crippen LogP contribution in [0.1, 0.15) is 38.5 Å². The second-order valence-electron chi connectivity index (χ2n) is 5.99. The Hall–Kier alpha value is -0.570. The highest BCUT2D eigenvalue weighted by molar-refractivity contribution is 5.78. The number of hydrogen-bond acceptors (Lipinski definition) is 2. The molecule has 0 atom stereocenters. The van der Waals surface area contributed by atoms with Gasteiger partial charge in [-0.15, -0.1) is 0 Å². The Kier molecular flexibility index (Phi) is 2.66. The van der Waals surface area contributed by atoms with Gasteiger partial charge in [0.1, 0.15) is 0 Å². The van der Waals surface area contributed by atoms with Crippen LogP contribution in [0, 0.1) is 17.3 Å². The van der Waals surface area contributed by atoms with E-state index in [0.717, 1.165) is 24.9 Å². The number of carbonyl (C=O) groups is 1. The van der Waals surface area contributed by atoms with E-state index in [1.165, 1.54) is 38.5 Å². The van der Waals surface area contributed by atoms with E-state index in [0.29, 0.717) is 12.0 Å². The summed E-state index contributed by atoms with van der Waals surface area (Å²) in [5.74, 6) is 1.94. The fourth-order valence-electron chi connectivity index (χ4n) is 2.65. The molecule has 3 nitrogen and oxygen atoms in total. The number of nitrogens with one attached hydrogen (secondary N) is 2. The van der Waals surface area contributed by atoms with Gasteiger partial charge in [0.15, 0.2) is 0 Å². The molecule has 0 bridgehead atoms. The van der Waals surface area contributed by atoms with Crippen molar-refractivity contribution in [3.63, 3.8) is 0 Å². The van der Waals surface area contributed by atoms with E-state index in [4.69, 9.17) is 0 Å². The van der Waals surface area contributed by atoms with Crippen LogP contribution in [0.25, 0.3) is 0 Å². The van der Waals surface area contributed by atoms with Gasteiger partial charge in [0.05, 0.1) is 6.54 Å². The van der Waals surface area contributed by atoms with Gasteiger partial charge in [0.2, 0.25) is 5.91 Å².